The molecule has 0 fully saturated rings. The van der Waals surface area contributed by atoms with Crippen molar-refractivity contribution in [1.82, 2.24) is 15.2 Å². The summed E-state index contributed by atoms with van der Waals surface area (Å²) in [5.74, 6) is 0.156. The Balaban J connectivity index is 0.000000327. The third kappa shape index (κ3) is 8.99. The Labute approximate surface area is 185 Å². The summed E-state index contributed by atoms with van der Waals surface area (Å²) in [7, 11) is 0. The fraction of sp³-hybridized carbons (Fsp3) is 0.542. The highest BCUT2D eigenvalue weighted by atomic mass is 19.3. The lowest BCUT2D eigenvalue weighted by molar-refractivity contribution is -0.119. The lowest BCUT2D eigenvalue weighted by Gasteiger charge is -2.13. The fourth-order valence-electron chi connectivity index (χ4n) is 3.22. The molecule has 2 rings (SSSR count). The van der Waals surface area contributed by atoms with Crippen molar-refractivity contribution in [2.24, 2.45) is 5.10 Å². The number of nitrogens with zero attached hydrogens (tertiary/aromatic N) is 3. The van der Waals surface area contributed by atoms with E-state index in [1.807, 2.05) is 32.9 Å². The van der Waals surface area contributed by atoms with Crippen LogP contribution in [0.5, 0.6) is 0 Å². The molecule has 1 aromatic rings. The van der Waals surface area contributed by atoms with Crippen LogP contribution < -0.4 is 5.43 Å². The van der Waals surface area contributed by atoms with E-state index in [0.717, 1.165) is 43.0 Å². The number of carbonyl (C=O) groups is 1. The van der Waals surface area contributed by atoms with Crippen molar-refractivity contribution in [3.8, 4) is 0 Å². The monoisotopic (exact) mass is 434 g/mol. The number of hydrazone groups is 1. The maximum Gasteiger partial charge on any atom is 0.340 e. The number of hydrogen-bond donors (Lipinski definition) is 1. The second kappa shape index (κ2) is 13.0. The first-order valence-corrected chi connectivity index (χ1v) is 10.9. The molecule has 0 aliphatic carbocycles. The average Bonchev–Trinajstić information content (AvgIpc) is 3.37. The Kier molecular flexibility index (Phi) is 11.1. The van der Waals surface area contributed by atoms with E-state index in [1.54, 1.807) is 6.08 Å². The van der Waals surface area contributed by atoms with Crippen LogP contribution in [0, 0.1) is 0 Å². The summed E-state index contributed by atoms with van der Waals surface area (Å²) in [6, 6.07) is -2.54. The lowest BCUT2D eigenvalue weighted by Crippen LogP contribution is -2.18. The second-order valence-corrected chi connectivity index (χ2v) is 7.79. The normalized spacial score (nSPS) is 17.6. The van der Waals surface area contributed by atoms with Crippen molar-refractivity contribution in [1.29, 1.82) is 0 Å². The quantitative estimate of drug-likeness (QED) is 0.452. The van der Waals surface area contributed by atoms with Gasteiger partial charge in [0.2, 0.25) is 0 Å². The van der Waals surface area contributed by atoms with Crippen LogP contribution in [0.3, 0.4) is 0 Å². The van der Waals surface area contributed by atoms with Crippen LogP contribution >= 0.6 is 0 Å². The van der Waals surface area contributed by atoms with Crippen molar-refractivity contribution in [2.75, 3.05) is 0 Å². The Morgan fingerprint density at radius 3 is 2.61 bits per heavy atom. The van der Waals surface area contributed by atoms with Gasteiger partial charge in [-0.1, -0.05) is 51.2 Å². The smallest absolute Gasteiger partial charge is 0.307 e. The van der Waals surface area contributed by atoms with Crippen LogP contribution in [0.15, 0.2) is 54.0 Å². The molecule has 1 N–H and O–H groups in total. The number of alkyl halides is 2. The Bertz CT molecular complexity index is 803. The summed E-state index contributed by atoms with van der Waals surface area (Å²) in [5, 5.41) is 7.93. The lowest BCUT2D eigenvalue weighted by atomic mass is 9.91. The molecule has 0 spiro atoms. The molecule has 0 saturated heterocycles. The number of carbonyl (C=O) groups excluding carboxylic acids is 1. The number of aromatic nitrogens is 2. The van der Waals surface area contributed by atoms with Crippen LogP contribution in [0.1, 0.15) is 78.2 Å². The molecule has 31 heavy (non-hydrogen) atoms. The molecule has 7 heteroatoms. The van der Waals surface area contributed by atoms with Crippen molar-refractivity contribution in [3.63, 3.8) is 0 Å². The van der Waals surface area contributed by atoms with Gasteiger partial charge >= 0.3 is 6.05 Å². The van der Waals surface area contributed by atoms with Crippen LogP contribution in [0.25, 0.3) is 0 Å². The number of hydrogen-bond acceptors (Lipinski definition) is 4. The molecule has 1 aliphatic heterocycles. The van der Waals surface area contributed by atoms with Gasteiger partial charge in [0.15, 0.2) is 0 Å². The first-order valence-electron chi connectivity index (χ1n) is 10.9. The first kappa shape index (κ1) is 26.5. The van der Waals surface area contributed by atoms with Crippen LogP contribution in [-0.4, -0.2) is 27.3 Å². The summed E-state index contributed by atoms with van der Waals surface area (Å²) in [6.45, 7) is 12.4. The summed E-state index contributed by atoms with van der Waals surface area (Å²) in [5.41, 5.74) is 6.03. The van der Waals surface area contributed by atoms with Gasteiger partial charge in [-0.15, -0.1) is 0 Å². The topological polar surface area (TPSA) is 59.3 Å². The minimum atomic E-state index is -3.00. The van der Waals surface area contributed by atoms with Crippen molar-refractivity contribution in [2.45, 2.75) is 84.7 Å². The van der Waals surface area contributed by atoms with Crippen LogP contribution in [-0.2, 0) is 10.8 Å². The molecular weight excluding hydrogens is 398 g/mol. The second-order valence-electron chi connectivity index (χ2n) is 7.79. The van der Waals surface area contributed by atoms with Gasteiger partial charge in [0.25, 0.3) is 0 Å². The molecule has 5 nitrogen and oxygen atoms in total. The highest BCUT2D eigenvalue weighted by Crippen LogP contribution is 2.28. The molecule has 0 bridgehead atoms. The van der Waals surface area contributed by atoms with Gasteiger partial charge in [-0.05, 0) is 37.3 Å². The van der Waals surface area contributed by atoms with Crippen LogP contribution in [0.2, 0.25) is 0 Å². The molecule has 2 atom stereocenters. The fourth-order valence-corrected chi connectivity index (χ4v) is 3.22. The Morgan fingerprint density at radius 1 is 1.45 bits per heavy atom. The maximum absolute atomic E-state index is 13.1. The van der Waals surface area contributed by atoms with E-state index < -0.39 is 6.05 Å². The van der Waals surface area contributed by atoms with Crippen molar-refractivity contribution in [3.05, 3.63) is 54.4 Å². The van der Waals surface area contributed by atoms with E-state index >= 15 is 0 Å². The predicted molar refractivity (Wildman–Crippen MR) is 123 cm³/mol. The van der Waals surface area contributed by atoms with Crippen LogP contribution in [0.4, 0.5) is 8.78 Å². The number of Topliss-reactive ketones (excluding diaryl/α,β-unsaturated/α-hetero) is 1. The molecule has 0 saturated carbocycles. The average molecular weight is 435 g/mol. The van der Waals surface area contributed by atoms with Crippen molar-refractivity contribution < 1.29 is 13.6 Å². The minimum Gasteiger partial charge on any atom is -0.307 e. The summed E-state index contributed by atoms with van der Waals surface area (Å²) in [6.07, 6.45) is 14.3. The molecule has 2 heterocycles. The molecule has 1 aliphatic rings. The number of nitrogens with one attached hydrogen (secondary N) is 1. The maximum atomic E-state index is 13.1. The van der Waals surface area contributed by atoms with Crippen molar-refractivity contribution >= 4 is 11.5 Å². The standard InChI is InChI=1S/C13H20F2N2O.C11H16N2/c1-4-6-10(7-12(18)5-2)11-8-16-17(9-11)13(3,14)15;1-4-6-10(7-5-2)11-8-9(3)12-13-11/h8-10H,4-7H2,1-3H3;4-7,9,12H,1,8H2,2-3H3/b;7-5-,10-6+. The van der Waals surface area contributed by atoms with Gasteiger partial charge in [0, 0.05) is 38.4 Å². The zero-order valence-electron chi connectivity index (χ0n) is 19.4. The third-order valence-corrected chi connectivity index (χ3v) is 4.88. The van der Waals surface area contributed by atoms with Gasteiger partial charge < -0.3 is 5.43 Å². The van der Waals surface area contributed by atoms with Gasteiger partial charge in [-0.2, -0.15) is 19.0 Å². The highest BCUT2D eigenvalue weighted by Gasteiger charge is 2.26. The molecule has 0 aromatic carbocycles. The highest BCUT2D eigenvalue weighted by molar-refractivity contribution is 6.03. The number of rotatable bonds is 10. The molecule has 172 valence electrons. The van der Waals surface area contributed by atoms with E-state index in [9.17, 15) is 13.6 Å². The Hall–Kier alpha value is -2.57. The number of halogens is 2. The van der Waals surface area contributed by atoms with Gasteiger partial charge in [0.1, 0.15) is 5.78 Å². The molecular formula is C24H36F2N4O. The SMILES string of the molecule is C=C/C=C(\C=C/C)C1=NNC(C)C1.CCCC(CC(=O)CC)c1cnn(C(C)(F)F)c1. The minimum absolute atomic E-state index is 0.00134. The van der Waals surface area contributed by atoms with Gasteiger partial charge in [-0.3, -0.25) is 4.79 Å². The third-order valence-electron chi connectivity index (χ3n) is 4.88. The summed E-state index contributed by atoms with van der Waals surface area (Å²) in [4.78, 5) is 11.5. The molecule has 2 unspecified atom stereocenters. The number of ketones is 1. The predicted octanol–water partition coefficient (Wildman–Crippen LogP) is 6.12. The first-order chi connectivity index (χ1) is 14.7. The van der Waals surface area contributed by atoms with Gasteiger partial charge in [0.05, 0.1) is 11.9 Å². The zero-order chi connectivity index (χ0) is 23.4. The van der Waals surface area contributed by atoms with E-state index in [0.29, 0.717) is 23.6 Å². The molecule has 0 amide bonds. The molecule has 0 radical (unpaired) electrons. The largest absolute Gasteiger partial charge is 0.340 e. The zero-order valence-corrected chi connectivity index (χ0v) is 19.4. The van der Waals surface area contributed by atoms with Gasteiger partial charge in [-0.25, -0.2) is 4.68 Å². The molecule has 1 aromatic heterocycles. The van der Waals surface area contributed by atoms with E-state index in [-0.39, 0.29) is 11.7 Å². The van der Waals surface area contributed by atoms with E-state index in [1.165, 1.54) is 12.4 Å². The van der Waals surface area contributed by atoms with E-state index in [2.05, 4.69) is 35.2 Å². The number of allylic oxidation sites excluding steroid dienone is 5. The van der Waals surface area contributed by atoms with E-state index in [4.69, 9.17) is 0 Å². The summed E-state index contributed by atoms with van der Waals surface area (Å²) < 4.78 is 26.8. The Morgan fingerprint density at radius 2 is 2.16 bits per heavy atom. The summed E-state index contributed by atoms with van der Waals surface area (Å²) >= 11 is 0.